The molecular formula is C15H10F3N5O. The predicted molar refractivity (Wildman–Crippen MR) is 79.3 cm³/mol. The third-order valence-corrected chi connectivity index (χ3v) is 3.65. The second-order valence-corrected chi connectivity index (χ2v) is 5.37. The number of alkyl halides is 3. The van der Waals surface area contributed by atoms with E-state index >= 15 is 0 Å². The first-order valence-corrected chi connectivity index (χ1v) is 6.96. The molecule has 0 atom stereocenters. The zero-order valence-corrected chi connectivity index (χ0v) is 12.3. The number of hydrogen-bond donors (Lipinski definition) is 0. The molecule has 0 spiro atoms. The molecule has 0 aliphatic rings. The Bertz CT molecular complexity index is 1140. The van der Waals surface area contributed by atoms with E-state index in [9.17, 15) is 18.0 Å². The van der Waals surface area contributed by atoms with Crippen molar-refractivity contribution in [2.75, 3.05) is 0 Å². The summed E-state index contributed by atoms with van der Waals surface area (Å²) in [5, 5.41) is 0. The Morgan fingerprint density at radius 3 is 2.54 bits per heavy atom. The summed E-state index contributed by atoms with van der Waals surface area (Å²) < 4.78 is 42.4. The highest BCUT2D eigenvalue weighted by molar-refractivity contribution is 5.47. The molecular weight excluding hydrogens is 323 g/mol. The van der Waals surface area contributed by atoms with Crippen molar-refractivity contribution < 1.29 is 13.2 Å². The molecule has 0 radical (unpaired) electrons. The van der Waals surface area contributed by atoms with E-state index in [0.717, 1.165) is 12.3 Å². The molecule has 0 fully saturated rings. The maximum Gasteiger partial charge on any atom is 0.417 e. The van der Waals surface area contributed by atoms with Gasteiger partial charge in [-0.3, -0.25) is 9.36 Å². The fourth-order valence-electron chi connectivity index (χ4n) is 2.54. The molecule has 0 saturated heterocycles. The Labute approximate surface area is 132 Å². The van der Waals surface area contributed by atoms with Crippen molar-refractivity contribution in [3.8, 4) is 5.82 Å². The van der Waals surface area contributed by atoms with Crippen molar-refractivity contribution >= 4 is 11.3 Å². The molecule has 4 aromatic rings. The molecule has 24 heavy (non-hydrogen) atoms. The zero-order chi connectivity index (χ0) is 17.1. The monoisotopic (exact) mass is 333 g/mol. The molecule has 4 heterocycles. The van der Waals surface area contributed by atoms with Crippen molar-refractivity contribution in [2.45, 2.75) is 13.1 Å². The highest BCUT2D eigenvalue weighted by atomic mass is 19.4. The van der Waals surface area contributed by atoms with Crippen LogP contribution in [-0.4, -0.2) is 23.3 Å². The van der Waals surface area contributed by atoms with Gasteiger partial charge in [-0.1, -0.05) is 0 Å². The fraction of sp³-hybridized carbons (Fsp3) is 0.133. The Kier molecular flexibility index (Phi) is 2.84. The average molecular weight is 333 g/mol. The van der Waals surface area contributed by atoms with Gasteiger partial charge in [0.2, 0.25) is 5.65 Å². The maximum absolute atomic E-state index is 12.8. The van der Waals surface area contributed by atoms with Crippen molar-refractivity contribution in [1.82, 2.24) is 23.3 Å². The van der Waals surface area contributed by atoms with Crippen molar-refractivity contribution in [3.05, 3.63) is 64.7 Å². The van der Waals surface area contributed by atoms with E-state index in [0.29, 0.717) is 11.3 Å². The Balaban J connectivity index is 1.90. The first-order chi connectivity index (χ1) is 11.3. The van der Waals surface area contributed by atoms with Crippen LogP contribution in [-0.2, 0) is 6.18 Å². The van der Waals surface area contributed by atoms with Gasteiger partial charge in [-0.15, -0.1) is 0 Å². The van der Waals surface area contributed by atoms with Crippen LogP contribution in [0.4, 0.5) is 13.2 Å². The molecule has 0 amide bonds. The molecule has 0 bridgehead atoms. The fourth-order valence-corrected chi connectivity index (χ4v) is 2.54. The normalized spacial score (nSPS) is 12.3. The molecule has 0 saturated carbocycles. The van der Waals surface area contributed by atoms with Gasteiger partial charge in [0.05, 0.1) is 17.5 Å². The number of nitrogens with zero attached hydrogens (tertiary/aromatic N) is 5. The van der Waals surface area contributed by atoms with Gasteiger partial charge in [-0.05, 0) is 19.1 Å². The smallest absolute Gasteiger partial charge is 0.304 e. The van der Waals surface area contributed by atoms with Crippen LogP contribution in [0.15, 0.2) is 47.9 Å². The van der Waals surface area contributed by atoms with Crippen LogP contribution in [0.2, 0.25) is 0 Å². The van der Waals surface area contributed by atoms with Gasteiger partial charge in [0.15, 0.2) is 5.82 Å². The van der Waals surface area contributed by atoms with Gasteiger partial charge in [0.25, 0.3) is 5.56 Å². The third-order valence-electron chi connectivity index (χ3n) is 3.65. The number of aromatic nitrogens is 5. The van der Waals surface area contributed by atoms with Crippen molar-refractivity contribution in [3.63, 3.8) is 0 Å². The predicted octanol–water partition coefficient (Wildman–Crippen LogP) is 2.46. The lowest BCUT2D eigenvalue weighted by Gasteiger charge is -2.05. The second-order valence-electron chi connectivity index (χ2n) is 5.37. The molecule has 4 rings (SSSR count). The third kappa shape index (κ3) is 2.16. The van der Waals surface area contributed by atoms with E-state index in [1.165, 1.54) is 27.4 Å². The number of fused-ring (bicyclic) bond motifs is 2. The molecule has 6 nitrogen and oxygen atoms in total. The van der Waals surface area contributed by atoms with Gasteiger partial charge < -0.3 is 8.80 Å². The van der Waals surface area contributed by atoms with Crippen molar-refractivity contribution in [2.24, 2.45) is 0 Å². The molecule has 0 aliphatic heterocycles. The summed E-state index contributed by atoms with van der Waals surface area (Å²) in [4.78, 5) is 20.8. The van der Waals surface area contributed by atoms with Crippen LogP contribution in [0.5, 0.6) is 0 Å². The minimum Gasteiger partial charge on any atom is -0.304 e. The largest absolute Gasteiger partial charge is 0.417 e. The van der Waals surface area contributed by atoms with Crippen LogP contribution in [0.3, 0.4) is 0 Å². The van der Waals surface area contributed by atoms with E-state index in [4.69, 9.17) is 0 Å². The molecule has 0 N–H and O–H groups in total. The van der Waals surface area contributed by atoms with Gasteiger partial charge in [0, 0.05) is 24.8 Å². The first-order valence-electron chi connectivity index (χ1n) is 6.96. The summed E-state index contributed by atoms with van der Waals surface area (Å²) in [6.45, 7) is 1.76. The molecule has 0 unspecified atom stereocenters. The number of pyridine rings is 1. The Hall–Kier alpha value is -3.10. The maximum atomic E-state index is 12.8. The number of halogens is 3. The van der Waals surface area contributed by atoms with E-state index in [1.807, 2.05) is 0 Å². The second kappa shape index (κ2) is 4.70. The summed E-state index contributed by atoms with van der Waals surface area (Å²) >= 11 is 0. The molecule has 4 aromatic heterocycles. The minimum absolute atomic E-state index is 0.225. The first kappa shape index (κ1) is 14.5. The lowest BCUT2D eigenvalue weighted by atomic mass is 10.3. The average Bonchev–Trinajstić information content (AvgIpc) is 3.08. The van der Waals surface area contributed by atoms with E-state index in [1.54, 1.807) is 23.7 Å². The number of hydrogen-bond acceptors (Lipinski definition) is 3. The summed E-state index contributed by atoms with van der Waals surface area (Å²) in [7, 11) is 0. The standard InChI is InChI=1S/C15H10F3N5O/c1-9-6-21-4-5-23(14(24)13(21)19-9)12-8-22-7-10(15(16,17)18)2-3-11(22)20-12/h2-8H,1H3. The van der Waals surface area contributed by atoms with Crippen LogP contribution < -0.4 is 5.56 Å². The van der Waals surface area contributed by atoms with Crippen LogP contribution in [0, 0.1) is 6.92 Å². The van der Waals surface area contributed by atoms with Crippen LogP contribution in [0.25, 0.3) is 17.1 Å². The van der Waals surface area contributed by atoms with Crippen LogP contribution in [0.1, 0.15) is 11.3 Å². The summed E-state index contributed by atoms with van der Waals surface area (Å²) in [5.41, 5.74) is 0.0395. The number of aryl methyl sites for hydroxylation is 1. The molecule has 0 aromatic carbocycles. The van der Waals surface area contributed by atoms with Crippen LogP contribution >= 0.6 is 0 Å². The van der Waals surface area contributed by atoms with E-state index in [2.05, 4.69) is 9.97 Å². The highest BCUT2D eigenvalue weighted by Gasteiger charge is 2.30. The summed E-state index contributed by atoms with van der Waals surface area (Å²) in [5.74, 6) is 0.225. The molecule has 122 valence electrons. The van der Waals surface area contributed by atoms with Gasteiger partial charge in [-0.2, -0.15) is 13.2 Å². The number of rotatable bonds is 1. The SMILES string of the molecule is Cc1cn2ccn(-c3cn4cc(C(F)(F)F)ccc4n3)c(=O)c2n1. The van der Waals surface area contributed by atoms with Gasteiger partial charge in [-0.25, -0.2) is 9.97 Å². The van der Waals surface area contributed by atoms with Crippen molar-refractivity contribution in [1.29, 1.82) is 0 Å². The number of imidazole rings is 2. The quantitative estimate of drug-likeness (QED) is 0.538. The Morgan fingerprint density at radius 2 is 1.79 bits per heavy atom. The highest BCUT2D eigenvalue weighted by Crippen LogP contribution is 2.29. The van der Waals surface area contributed by atoms with E-state index < -0.39 is 17.3 Å². The van der Waals surface area contributed by atoms with E-state index in [-0.39, 0.29) is 11.5 Å². The topological polar surface area (TPSA) is 56.6 Å². The zero-order valence-electron chi connectivity index (χ0n) is 12.3. The minimum atomic E-state index is -4.44. The summed E-state index contributed by atoms with van der Waals surface area (Å²) in [6.07, 6.45) is 2.72. The lowest BCUT2D eigenvalue weighted by molar-refractivity contribution is -0.137. The lowest BCUT2D eigenvalue weighted by Crippen LogP contribution is -2.20. The van der Waals surface area contributed by atoms with Gasteiger partial charge >= 0.3 is 6.18 Å². The molecule has 0 aliphatic carbocycles. The molecule has 9 heteroatoms. The summed E-state index contributed by atoms with van der Waals surface area (Å²) in [6, 6.07) is 2.21. The van der Waals surface area contributed by atoms with Gasteiger partial charge in [0.1, 0.15) is 5.65 Å². The Morgan fingerprint density at radius 1 is 1.00 bits per heavy atom.